The lowest BCUT2D eigenvalue weighted by atomic mass is 9.49. The van der Waals surface area contributed by atoms with Crippen molar-refractivity contribution in [3.8, 4) is 0 Å². The molecule has 0 heterocycles. The number of hydrazine groups is 1. The third-order valence-electron chi connectivity index (χ3n) is 3.04. The maximum absolute atomic E-state index is 11.7. The van der Waals surface area contributed by atoms with Crippen LogP contribution in [0.2, 0.25) is 0 Å². The largest absolute Gasteiger partial charge is 0.443 e. The molecule has 0 aliphatic heterocycles. The van der Waals surface area contributed by atoms with Gasteiger partial charge in [-0.1, -0.05) is 15.9 Å². The number of carbonyl (C=O) groups excluding carboxylic acids is 1. The average Bonchev–Trinajstić information content (AvgIpc) is 1.92. The van der Waals surface area contributed by atoms with Crippen molar-refractivity contribution in [1.82, 2.24) is 5.01 Å². The van der Waals surface area contributed by atoms with Crippen LogP contribution in [-0.4, -0.2) is 26.6 Å². The fraction of sp³-hybridized carbons (Fsp3) is 0.900. The first-order valence-electron chi connectivity index (χ1n) is 5.13. The molecule has 3 fully saturated rings. The van der Waals surface area contributed by atoms with E-state index in [1.807, 2.05) is 20.8 Å². The molecule has 0 atom stereocenters. The van der Waals surface area contributed by atoms with E-state index in [-0.39, 0.29) is 9.86 Å². The number of ether oxygens (including phenoxy) is 1. The van der Waals surface area contributed by atoms with Crippen LogP contribution in [0.1, 0.15) is 40.0 Å². The van der Waals surface area contributed by atoms with Crippen molar-refractivity contribution in [1.29, 1.82) is 0 Å². The smallest absolute Gasteiger partial charge is 0.425 e. The minimum atomic E-state index is -0.482. The molecule has 0 aromatic rings. The molecule has 1 amide bonds. The van der Waals surface area contributed by atoms with Gasteiger partial charge in [0.25, 0.3) is 0 Å². The lowest BCUT2D eigenvalue weighted by Gasteiger charge is -2.69. The summed E-state index contributed by atoms with van der Waals surface area (Å²) in [7, 11) is 0. The van der Waals surface area contributed by atoms with Crippen LogP contribution >= 0.6 is 15.9 Å². The van der Waals surface area contributed by atoms with E-state index in [1.165, 1.54) is 5.01 Å². The van der Waals surface area contributed by atoms with E-state index in [2.05, 4.69) is 15.9 Å². The van der Waals surface area contributed by atoms with Crippen LogP contribution in [0, 0.1) is 0 Å². The highest BCUT2D eigenvalue weighted by Gasteiger charge is 2.70. The first-order valence-corrected chi connectivity index (χ1v) is 5.92. The maximum atomic E-state index is 11.7. The number of hydrogen-bond donors (Lipinski definition) is 1. The molecular formula is C10H17BrN2O2. The van der Waals surface area contributed by atoms with Gasteiger partial charge in [0.05, 0.1) is 5.54 Å². The summed E-state index contributed by atoms with van der Waals surface area (Å²) in [6.07, 6.45) is 2.40. The number of amides is 1. The Labute approximate surface area is 98.2 Å². The molecule has 3 aliphatic carbocycles. The Morgan fingerprint density at radius 1 is 1.40 bits per heavy atom. The molecule has 3 rings (SSSR count). The Kier molecular flexibility index (Phi) is 2.15. The quantitative estimate of drug-likeness (QED) is 0.346. The first-order chi connectivity index (χ1) is 6.66. The maximum Gasteiger partial charge on any atom is 0.425 e. The SMILES string of the molecule is CC(C)(C)OC(=O)N(N)C12CC(Br)(C1)C2. The highest BCUT2D eigenvalue weighted by molar-refractivity contribution is 9.10. The van der Waals surface area contributed by atoms with E-state index in [4.69, 9.17) is 10.6 Å². The Balaban J connectivity index is 1.92. The second kappa shape index (κ2) is 2.88. The summed E-state index contributed by atoms with van der Waals surface area (Å²) >= 11 is 3.61. The van der Waals surface area contributed by atoms with Gasteiger partial charge < -0.3 is 4.74 Å². The minimum absolute atomic E-state index is 0.133. The van der Waals surface area contributed by atoms with Crippen LogP contribution in [0.3, 0.4) is 0 Å². The summed E-state index contributed by atoms with van der Waals surface area (Å²) in [4.78, 5) is 11.7. The summed E-state index contributed by atoms with van der Waals surface area (Å²) in [5.74, 6) is 5.80. The molecule has 0 aromatic carbocycles. The number of hydrogen-bond acceptors (Lipinski definition) is 3. The monoisotopic (exact) mass is 276 g/mol. The van der Waals surface area contributed by atoms with Gasteiger partial charge >= 0.3 is 6.09 Å². The predicted octanol–water partition coefficient (Wildman–Crippen LogP) is 2.17. The lowest BCUT2D eigenvalue weighted by Crippen LogP contribution is -2.78. The van der Waals surface area contributed by atoms with E-state index >= 15 is 0 Å². The third-order valence-corrected chi connectivity index (χ3v) is 3.88. The molecule has 0 aromatic heterocycles. The molecule has 15 heavy (non-hydrogen) atoms. The van der Waals surface area contributed by atoms with E-state index in [1.54, 1.807) is 0 Å². The Bertz CT molecular complexity index is 291. The molecular weight excluding hydrogens is 260 g/mol. The molecule has 5 heteroatoms. The molecule has 86 valence electrons. The molecule has 0 unspecified atom stereocenters. The number of rotatable bonds is 1. The van der Waals surface area contributed by atoms with Crippen molar-refractivity contribution in [2.45, 2.75) is 55.5 Å². The van der Waals surface area contributed by atoms with Crippen LogP contribution < -0.4 is 5.84 Å². The molecule has 0 spiro atoms. The summed E-state index contributed by atoms with van der Waals surface area (Å²) in [5.41, 5.74) is -0.615. The van der Waals surface area contributed by atoms with Crippen LogP contribution in [0.15, 0.2) is 0 Å². The minimum Gasteiger partial charge on any atom is -0.443 e. The molecule has 3 saturated carbocycles. The van der Waals surface area contributed by atoms with E-state index in [0.29, 0.717) is 0 Å². The van der Waals surface area contributed by atoms with Crippen molar-refractivity contribution in [2.24, 2.45) is 5.84 Å². The Hall–Kier alpha value is -0.290. The number of nitrogens with two attached hydrogens (primary N) is 1. The van der Waals surface area contributed by atoms with Gasteiger partial charge in [-0.3, -0.25) is 0 Å². The summed E-state index contributed by atoms with van der Waals surface area (Å²) < 4.78 is 5.48. The second-order valence-electron chi connectivity index (χ2n) is 5.76. The number of carbonyl (C=O) groups is 1. The summed E-state index contributed by atoms with van der Waals surface area (Å²) in [6, 6.07) is 0. The van der Waals surface area contributed by atoms with E-state index in [9.17, 15) is 4.79 Å². The molecule has 4 nitrogen and oxygen atoms in total. The highest BCUT2D eigenvalue weighted by Crippen LogP contribution is 2.67. The molecule has 2 N–H and O–H groups in total. The zero-order valence-electron chi connectivity index (χ0n) is 9.34. The van der Waals surface area contributed by atoms with Crippen LogP contribution in [0.4, 0.5) is 4.79 Å². The first kappa shape index (κ1) is 11.2. The van der Waals surface area contributed by atoms with Gasteiger partial charge in [-0.05, 0) is 40.0 Å². The summed E-state index contributed by atoms with van der Waals surface area (Å²) in [6.45, 7) is 5.52. The molecule has 0 saturated heterocycles. The molecule has 0 radical (unpaired) electrons. The van der Waals surface area contributed by atoms with Gasteiger partial charge in [-0.15, -0.1) is 0 Å². The van der Waals surface area contributed by atoms with Crippen molar-refractivity contribution in [3.63, 3.8) is 0 Å². The fourth-order valence-electron chi connectivity index (χ4n) is 2.37. The molecule has 2 bridgehead atoms. The van der Waals surface area contributed by atoms with Crippen LogP contribution in [0.25, 0.3) is 0 Å². The Morgan fingerprint density at radius 3 is 2.20 bits per heavy atom. The average molecular weight is 277 g/mol. The van der Waals surface area contributed by atoms with Crippen molar-refractivity contribution in [2.75, 3.05) is 0 Å². The van der Waals surface area contributed by atoms with Gasteiger partial charge in [-0.2, -0.15) is 0 Å². The van der Waals surface area contributed by atoms with Crippen molar-refractivity contribution < 1.29 is 9.53 Å². The summed E-state index contributed by atoms with van der Waals surface area (Å²) in [5, 5.41) is 1.28. The van der Waals surface area contributed by atoms with Crippen molar-refractivity contribution >= 4 is 22.0 Å². The standard InChI is InChI=1S/C10H17BrN2O2/c1-8(2,3)15-7(14)13(12)10-4-9(11,5-10)6-10/h4-6,12H2,1-3H3. The predicted molar refractivity (Wildman–Crippen MR) is 60.5 cm³/mol. The normalized spacial score (nSPS) is 37.7. The van der Waals surface area contributed by atoms with E-state index < -0.39 is 11.7 Å². The van der Waals surface area contributed by atoms with Crippen LogP contribution in [-0.2, 0) is 4.74 Å². The Morgan fingerprint density at radius 2 is 1.87 bits per heavy atom. The van der Waals surface area contributed by atoms with Crippen molar-refractivity contribution in [3.05, 3.63) is 0 Å². The van der Waals surface area contributed by atoms with Crippen LogP contribution in [0.5, 0.6) is 0 Å². The lowest BCUT2D eigenvalue weighted by molar-refractivity contribution is -0.115. The number of halogens is 1. The van der Waals surface area contributed by atoms with Gasteiger partial charge in [0.1, 0.15) is 5.60 Å². The van der Waals surface area contributed by atoms with Gasteiger partial charge in [0.2, 0.25) is 0 Å². The molecule has 3 aliphatic rings. The number of alkyl halides is 1. The zero-order valence-corrected chi connectivity index (χ0v) is 10.9. The van der Waals surface area contributed by atoms with Gasteiger partial charge in [0, 0.05) is 4.32 Å². The third kappa shape index (κ3) is 1.76. The second-order valence-corrected chi connectivity index (χ2v) is 7.44. The number of nitrogens with zero attached hydrogens (tertiary/aromatic N) is 1. The van der Waals surface area contributed by atoms with E-state index in [0.717, 1.165) is 19.3 Å². The fourth-order valence-corrected chi connectivity index (χ4v) is 3.94. The highest BCUT2D eigenvalue weighted by atomic mass is 79.9. The zero-order chi connectivity index (χ0) is 11.5. The topological polar surface area (TPSA) is 55.6 Å². The van der Waals surface area contributed by atoms with Gasteiger partial charge in [-0.25, -0.2) is 15.6 Å². The van der Waals surface area contributed by atoms with Gasteiger partial charge in [0.15, 0.2) is 0 Å².